The SMILES string of the molecule is COC(=O)[C@H](NC(=O)OC(C)(C)C)[C@H](O)COCc1ccccc1. The van der Waals surface area contributed by atoms with Crippen molar-refractivity contribution in [2.45, 2.75) is 45.1 Å². The van der Waals surface area contributed by atoms with Crippen LogP contribution in [0.1, 0.15) is 26.3 Å². The number of carbonyl (C=O) groups is 2. The second-order valence-electron chi connectivity index (χ2n) is 6.22. The molecule has 0 radical (unpaired) electrons. The number of benzene rings is 1. The molecule has 24 heavy (non-hydrogen) atoms. The third-order valence-electron chi connectivity index (χ3n) is 2.91. The molecule has 0 heterocycles. The van der Waals surface area contributed by atoms with Crippen LogP contribution in [0.5, 0.6) is 0 Å². The fraction of sp³-hybridized carbons (Fsp3) is 0.529. The predicted molar refractivity (Wildman–Crippen MR) is 87.3 cm³/mol. The molecule has 0 saturated carbocycles. The van der Waals surface area contributed by atoms with Crippen LogP contribution in [0.4, 0.5) is 4.79 Å². The Morgan fingerprint density at radius 1 is 1.21 bits per heavy atom. The summed E-state index contributed by atoms with van der Waals surface area (Å²) in [5.74, 6) is -0.781. The molecule has 0 fully saturated rings. The Morgan fingerprint density at radius 3 is 2.38 bits per heavy atom. The second-order valence-corrected chi connectivity index (χ2v) is 6.22. The summed E-state index contributed by atoms with van der Waals surface area (Å²) in [5.41, 5.74) is 0.207. The van der Waals surface area contributed by atoms with Gasteiger partial charge in [-0.25, -0.2) is 9.59 Å². The van der Waals surface area contributed by atoms with Gasteiger partial charge in [0.05, 0.1) is 20.3 Å². The summed E-state index contributed by atoms with van der Waals surface area (Å²) < 4.78 is 15.1. The minimum absolute atomic E-state index is 0.148. The van der Waals surface area contributed by atoms with Crippen molar-refractivity contribution < 1.29 is 28.9 Å². The summed E-state index contributed by atoms with van der Waals surface area (Å²) in [6, 6.07) is 8.11. The van der Waals surface area contributed by atoms with E-state index in [4.69, 9.17) is 9.47 Å². The van der Waals surface area contributed by atoms with E-state index >= 15 is 0 Å². The van der Waals surface area contributed by atoms with Crippen molar-refractivity contribution >= 4 is 12.1 Å². The van der Waals surface area contributed by atoms with Gasteiger partial charge in [-0.05, 0) is 26.3 Å². The lowest BCUT2D eigenvalue weighted by Crippen LogP contribution is -2.52. The molecule has 1 rings (SSSR count). The number of hydrogen-bond donors (Lipinski definition) is 2. The maximum atomic E-state index is 11.8. The van der Waals surface area contributed by atoms with Gasteiger partial charge in [-0.1, -0.05) is 30.3 Å². The molecule has 134 valence electrons. The topological polar surface area (TPSA) is 94.1 Å². The number of aliphatic hydroxyl groups excluding tert-OH is 1. The lowest BCUT2D eigenvalue weighted by atomic mass is 10.1. The molecule has 0 bridgehead atoms. The molecule has 2 atom stereocenters. The monoisotopic (exact) mass is 339 g/mol. The van der Waals surface area contributed by atoms with E-state index in [0.717, 1.165) is 5.56 Å². The van der Waals surface area contributed by atoms with Crippen molar-refractivity contribution in [1.29, 1.82) is 0 Å². The number of carbonyl (C=O) groups excluding carboxylic acids is 2. The molecule has 7 heteroatoms. The maximum absolute atomic E-state index is 11.8. The number of nitrogens with one attached hydrogen (secondary N) is 1. The van der Waals surface area contributed by atoms with E-state index in [0.29, 0.717) is 0 Å². The van der Waals surface area contributed by atoms with E-state index in [2.05, 4.69) is 10.1 Å². The van der Waals surface area contributed by atoms with E-state index in [9.17, 15) is 14.7 Å². The summed E-state index contributed by atoms with van der Waals surface area (Å²) >= 11 is 0. The second kappa shape index (κ2) is 9.24. The van der Waals surface area contributed by atoms with Gasteiger partial charge < -0.3 is 24.6 Å². The fourth-order valence-electron chi connectivity index (χ4n) is 1.84. The van der Waals surface area contributed by atoms with Gasteiger partial charge in [-0.15, -0.1) is 0 Å². The zero-order valence-electron chi connectivity index (χ0n) is 14.4. The van der Waals surface area contributed by atoms with Gasteiger partial charge in [0.2, 0.25) is 0 Å². The number of methoxy groups -OCH3 is 1. The Labute approximate surface area is 141 Å². The van der Waals surface area contributed by atoms with Crippen LogP contribution < -0.4 is 5.32 Å². The summed E-state index contributed by atoms with van der Waals surface area (Å²) in [5, 5.41) is 12.4. The predicted octanol–water partition coefficient (Wildman–Crippen LogP) is 1.63. The van der Waals surface area contributed by atoms with Gasteiger partial charge in [0.1, 0.15) is 11.7 Å². The number of esters is 1. The average molecular weight is 339 g/mol. The molecule has 0 aromatic heterocycles. The molecule has 0 saturated heterocycles. The van der Waals surface area contributed by atoms with Crippen LogP contribution in [-0.2, 0) is 25.6 Å². The van der Waals surface area contributed by atoms with Crippen molar-refractivity contribution in [3.63, 3.8) is 0 Å². The van der Waals surface area contributed by atoms with Crippen molar-refractivity contribution in [2.24, 2.45) is 0 Å². The molecule has 7 nitrogen and oxygen atoms in total. The standard InChI is InChI=1S/C17H25NO6/c1-17(2,3)24-16(21)18-14(15(20)22-4)13(19)11-23-10-12-8-6-5-7-9-12/h5-9,13-14,19H,10-11H2,1-4H3,(H,18,21)/t13-,14-/m1/s1. The van der Waals surface area contributed by atoms with Crippen LogP contribution in [0, 0.1) is 0 Å². The lowest BCUT2D eigenvalue weighted by molar-refractivity contribution is -0.147. The minimum atomic E-state index is -1.28. The van der Waals surface area contributed by atoms with Crippen LogP contribution in [0.3, 0.4) is 0 Å². The lowest BCUT2D eigenvalue weighted by Gasteiger charge is -2.25. The van der Waals surface area contributed by atoms with E-state index in [1.54, 1.807) is 20.8 Å². The van der Waals surface area contributed by atoms with Crippen molar-refractivity contribution in [2.75, 3.05) is 13.7 Å². The molecule has 1 amide bonds. The van der Waals surface area contributed by atoms with Crippen molar-refractivity contribution in [1.82, 2.24) is 5.32 Å². The van der Waals surface area contributed by atoms with Crippen molar-refractivity contribution in [3.8, 4) is 0 Å². The average Bonchev–Trinajstić information content (AvgIpc) is 2.51. The quantitative estimate of drug-likeness (QED) is 0.733. The fourth-order valence-corrected chi connectivity index (χ4v) is 1.84. The van der Waals surface area contributed by atoms with Gasteiger partial charge in [-0.2, -0.15) is 0 Å². The van der Waals surface area contributed by atoms with Gasteiger partial charge in [0.25, 0.3) is 0 Å². The highest BCUT2D eigenvalue weighted by Gasteiger charge is 2.31. The number of amides is 1. The first-order valence-electron chi connectivity index (χ1n) is 7.60. The maximum Gasteiger partial charge on any atom is 0.408 e. The number of rotatable bonds is 7. The molecule has 1 aromatic rings. The van der Waals surface area contributed by atoms with E-state index in [-0.39, 0.29) is 13.2 Å². The van der Waals surface area contributed by atoms with Crippen LogP contribution in [0.25, 0.3) is 0 Å². The van der Waals surface area contributed by atoms with Gasteiger partial charge >= 0.3 is 12.1 Å². The molecule has 0 aliphatic carbocycles. The first-order chi connectivity index (χ1) is 11.2. The number of ether oxygens (including phenoxy) is 3. The van der Waals surface area contributed by atoms with Gasteiger partial charge in [-0.3, -0.25) is 0 Å². The zero-order chi connectivity index (χ0) is 18.2. The zero-order valence-corrected chi connectivity index (χ0v) is 14.4. The van der Waals surface area contributed by atoms with E-state index in [1.165, 1.54) is 7.11 Å². The summed E-state index contributed by atoms with van der Waals surface area (Å²) in [6.07, 6.45) is -2.09. The van der Waals surface area contributed by atoms with E-state index < -0.39 is 29.8 Å². The third-order valence-corrected chi connectivity index (χ3v) is 2.91. The first-order valence-corrected chi connectivity index (χ1v) is 7.60. The smallest absolute Gasteiger partial charge is 0.408 e. The molecule has 0 aliphatic heterocycles. The third kappa shape index (κ3) is 7.43. The number of aliphatic hydroxyl groups is 1. The molecular weight excluding hydrogens is 314 g/mol. The molecule has 1 aromatic carbocycles. The molecule has 2 N–H and O–H groups in total. The normalized spacial score (nSPS) is 13.7. The highest BCUT2D eigenvalue weighted by molar-refractivity contribution is 5.82. The molecule has 0 spiro atoms. The Bertz CT molecular complexity index is 526. The number of alkyl carbamates (subject to hydrolysis) is 1. The summed E-state index contributed by atoms with van der Waals surface area (Å²) in [6.45, 7) is 5.21. The van der Waals surface area contributed by atoms with Crippen LogP contribution in [-0.4, -0.2) is 48.6 Å². The first kappa shape index (κ1) is 19.9. The summed E-state index contributed by atoms with van der Waals surface area (Å²) in [4.78, 5) is 23.6. The molecular formula is C17H25NO6. The Morgan fingerprint density at radius 2 is 1.83 bits per heavy atom. The Kier molecular flexibility index (Phi) is 7.67. The Balaban J connectivity index is 2.56. The summed E-state index contributed by atoms with van der Waals surface area (Å²) in [7, 11) is 1.17. The molecule has 0 unspecified atom stereocenters. The number of hydrogen-bond acceptors (Lipinski definition) is 6. The van der Waals surface area contributed by atoms with E-state index in [1.807, 2.05) is 30.3 Å². The van der Waals surface area contributed by atoms with Crippen molar-refractivity contribution in [3.05, 3.63) is 35.9 Å². The van der Waals surface area contributed by atoms with Crippen LogP contribution >= 0.6 is 0 Å². The molecule has 0 aliphatic rings. The largest absolute Gasteiger partial charge is 0.467 e. The van der Waals surface area contributed by atoms with Gasteiger partial charge in [0, 0.05) is 0 Å². The van der Waals surface area contributed by atoms with Crippen LogP contribution in [0.15, 0.2) is 30.3 Å². The Hall–Kier alpha value is -2.12. The highest BCUT2D eigenvalue weighted by Crippen LogP contribution is 2.08. The van der Waals surface area contributed by atoms with Gasteiger partial charge in [0.15, 0.2) is 6.04 Å². The minimum Gasteiger partial charge on any atom is -0.467 e. The highest BCUT2D eigenvalue weighted by atomic mass is 16.6. The van der Waals surface area contributed by atoms with Crippen LogP contribution in [0.2, 0.25) is 0 Å².